The van der Waals surface area contributed by atoms with Gasteiger partial charge in [0.1, 0.15) is 12.1 Å². The van der Waals surface area contributed by atoms with Crippen LogP contribution in [0.1, 0.15) is 12.8 Å². The Bertz CT molecular complexity index is 349. The lowest BCUT2D eigenvalue weighted by Crippen LogP contribution is -2.21. The highest BCUT2D eigenvalue weighted by molar-refractivity contribution is 5.57. The fraction of sp³-hybridized carbons (Fsp3) is 0.462. The number of carbonyl (C=O) groups is 1. The summed E-state index contributed by atoms with van der Waals surface area (Å²) in [5.41, 5.74) is 0.889. The summed E-state index contributed by atoms with van der Waals surface area (Å²) >= 11 is 0. The summed E-state index contributed by atoms with van der Waals surface area (Å²) in [5, 5.41) is 3.04. The van der Waals surface area contributed by atoms with Crippen molar-refractivity contribution >= 4 is 12.0 Å². The minimum absolute atomic E-state index is 0.167. The molecule has 0 aromatic heterocycles. The lowest BCUT2D eigenvalue weighted by molar-refractivity contribution is -0.109. The van der Waals surface area contributed by atoms with E-state index >= 15 is 0 Å². The van der Waals surface area contributed by atoms with Crippen LogP contribution in [0, 0.1) is 5.82 Å². The number of hydrogen-bond donors (Lipinski definition) is 1. The minimum Gasteiger partial charge on any atom is -0.378 e. The topological polar surface area (TPSA) is 32.3 Å². The molecule has 1 aromatic rings. The van der Waals surface area contributed by atoms with E-state index in [0.717, 1.165) is 31.4 Å². The number of carbonyl (C=O) groups excluding carboxylic acids is 1. The monoisotopic (exact) mass is 238 g/mol. The van der Waals surface area contributed by atoms with Gasteiger partial charge in [-0.1, -0.05) is 6.07 Å². The van der Waals surface area contributed by atoms with Gasteiger partial charge in [0, 0.05) is 19.8 Å². The standard InChI is InChI=1S/C8H10FN.C5H9NO/c1-10(2)8-5-3-4-7(9)6-8;7-4-5-2-1-3-6-5/h3-6H,1-2H3;4-6H,1-3H2. The van der Waals surface area contributed by atoms with Gasteiger partial charge in [-0.25, -0.2) is 4.39 Å². The van der Waals surface area contributed by atoms with Crippen LogP contribution in [-0.2, 0) is 4.79 Å². The summed E-state index contributed by atoms with van der Waals surface area (Å²) in [5.74, 6) is -0.189. The van der Waals surface area contributed by atoms with Crippen LogP contribution in [0.15, 0.2) is 24.3 Å². The Morgan fingerprint density at radius 1 is 1.47 bits per heavy atom. The highest BCUT2D eigenvalue weighted by Gasteiger charge is 2.10. The maximum absolute atomic E-state index is 12.5. The van der Waals surface area contributed by atoms with Crippen molar-refractivity contribution in [2.24, 2.45) is 0 Å². The first kappa shape index (κ1) is 13.6. The van der Waals surface area contributed by atoms with Crippen molar-refractivity contribution in [1.29, 1.82) is 0 Å². The molecule has 17 heavy (non-hydrogen) atoms. The minimum atomic E-state index is -0.189. The van der Waals surface area contributed by atoms with E-state index in [1.807, 2.05) is 25.1 Å². The molecule has 1 aromatic carbocycles. The molecule has 1 aliphatic rings. The van der Waals surface area contributed by atoms with Crippen LogP contribution in [0.5, 0.6) is 0 Å². The van der Waals surface area contributed by atoms with Gasteiger partial charge in [-0.15, -0.1) is 0 Å². The number of nitrogens with one attached hydrogen (secondary N) is 1. The van der Waals surface area contributed by atoms with Gasteiger partial charge >= 0.3 is 0 Å². The summed E-state index contributed by atoms with van der Waals surface area (Å²) in [4.78, 5) is 11.8. The molecule has 1 saturated heterocycles. The van der Waals surface area contributed by atoms with Crippen molar-refractivity contribution in [3.8, 4) is 0 Å². The lowest BCUT2D eigenvalue weighted by Gasteiger charge is -2.11. The van der Waals surface area contributed by atoms with E-state index in [1.54, 1.807) is 6.07 Å². The van der Waals surface area contributed by atoms with Crippen LogP contribution in [0.25, 0.3) is 0 Å². The van der Waals surface area contributed by atoms with E-state index in [-0.39, 0.29) is 11.9 Å². The molecule has 4 heteroatoms. The second kappa shape index (κ2) is 7.01. The van der Waals surface area contributed by atoms with Crippen molar-refractivity contribution in [2.45, 2.75) is 18.9 Å². The summed E-state index contributed by atoms with van der Waals surface area (Å²) in [6.45, 7) is 1.02. The molecule has 1 N–H and O–H groups in total. The van der Waals surface area contributed by atoms with Gasteiger partial charge in [-0.05, 0) is 37.6 Å². The Balaban J connectivity index is 0.000000181. The normalized spacial score (nSPS) is 18.2. The molecule has 0 bridgehead atoms. The van der Waals surface area contributed by atoms with Gasteiger partial charge in [-0.3, -0.25) is 0 Å². The van der Waals surface area contributed by atoms with E-state index in [9.17, 15) is 9.18 Å². The third-order valence-electron chi connectivity index (χ3n) is 2.59. The third-order valence-corrected chi connectivity index (χ3v) is 2.59. The maximum Gasteiger partial charge on any atom is 0.136 e. The predicted molar refractivity (Wildman–Crippen MR) is 67.8 cm³/mol. The van der Waals surface area contributed by atoms with E-state index in [0.29, 0.717) is 0 Å². The molecule has 0 amide bonds. The summed E-state index contributed by atoms with van der Waals surface area (Å²) in [7, 11) is 3.77. The number of halogens is 1. The van der Waals surface area contributed by atoms with Gasteiger partial charge in [0.2, 0.25) is 0 Å². The number of benzene rings is 1. The maximum atomic E-state index is 12.5. The van der Waals surface area contributed by atoms with Gasteiger partial charge in [-0.2, -0.15) is 0 Å². The van der Waals surface area contributed by atoms with Gasteiger partial charge in [0.15, 0.2) is 0 Å². The van der Waals surface area contributed by atoms with Crippen LogP contribution < -0.4 is 10.2 Å². The number of hydrogen-bond acceptors (Lipinski definition) is 3. The Hall–Kier alpha value is -1.42. The Morgan fingerprint density at radius 2 is 2.24 bits per heavy atom. The van der Waals surface area contributed by atoms with Crippen molar-refractivity contribution in [3.05, 3.63) is 30.1 Å². The second-order valence-electron chi connectivity index (χ2n) is 4.21. The zero-order valence-electron chi connectivity index (χ0n) is 10.3. The SMILES string of the molecule is CN(C)c1cccc(F)c1.O=CC1CCCN1. The lowest BCUT2D eigenvalue weighted by atomic mass is 10.2. The zero-order chi connectivity index (χ0) is 12.7. The van der Waals surface area contributed by atoms with Crippen molar-refractivity contribution in [3.63, 3.8) is 0 Å². The van der Waals surface area contributed by atoms with Crippen molar-refractivity contribution in [1.82, 2.24) is 5.32 Å². The van der Waals surface area contributed by atoms with Crippen LogP contribution in [0.4, 0.5) is 10.1 Å². The first-order valence-corrected chi connectivity index (χ1v) is 5.75. The molecular weight excluding hydrogens is 219 g/mol. The molecule has 3 nitrogen and oxygen atoms in total. The summed E-state index contributed by atoms with van der Waals surface area (Å²) in [6, 6.07) is 6.67. The highest BCUT2D eigenvalue weighted by atomic mass is 19.1. The molecule has 1 fully saturated rings. The van der Waals surface area contributed by atoms with Crippen LogP contribution in [0.3, 0.4) is 0 Å². The molecule has 1 aliphatic heterocycles. The summed E-state index contributed by atoms with van der Waals surface area (Å²) in [6.07, 6.45) is 3.17. The average Bonchev–Trinajstić information content (AvgIpc) is 2.82. The number of aldehydes is 1. The zero-order valence-corrected chi connectivity index (χ0v) is 10.3. The van der Waals surface area contributed by atoms with Crippen LogP contribution >= 0.6 is 0 Å². The molecular formula is C13H19FN2O. The quantitative estimate of drug-likeness (QED) is 0.798. The predicted octanol–water partition coefficient (Wildman–Crippen LogP) is 1.83. The number of anilines is 1. The smallest absolute Gasteiger partial charge is 0.136 e. The Morgan fingerprint density at radius 3 is 2.59 bits per heavy atom. The van der Waals surface area contributed by atoms with E-state index < -0.39 is 0 Å². The number of rotatable bonds is 2. The fourth-order valence-corrected chi connectivity index (χ4v) is 1.58. The van der Waals surface area contributed by atoms with Crippen molar-refractivity contribution in [2.75, 3.05) is 25.5 Å². The molecule has 0 aliphatic carbocycles. The van der Waals surface area contributed by atoms with E-state index in [4.69, 9.17) is 0 Å². The second-order valence-corrected chi connectivity index (χ2v) is 4.21. The Kier molecular flexibility index (Phi) is 5.63. The molecule has 2 rings (SSSR count). The van der Waals surface area contributed by atoms with Crippen LogP contribution in [-0.4, -0.2) is 33.0 Å². The molecule has 1 heterocycles. The van der Waals surface area contributed by atoms with Crippen molar-refractivity contribution < 1.29 is 9.18 Å². The molecule has 94 valence electrons. The molecule has 1 atom stereocenters. The molecule has 0 spiro atoms. The van der Waals surface area contributed by atoms with Crippen LogP contribution in [0.2, 0.25) is 0 Å². The number of nitrogens with zero attached hydrogens (tertiary/aromatic N) is 1. The molecule has 0 saturated carbocycles. The van der Waals surface area contributed by atoms with Gasteiger partial charge in [0.05, 0.1) is 6.04 Å². The fourth-order valence-electron chi connectivity index (χ4n) is 1.58. The first-order valence-electron chi connectivity index (χ1n) is 5.75. The Labute approximate surface area is 102 Å². The van der Waals surface area contributed by atoms with Gasteiger partial charge < -0.3 is 15.0 Å². The van der Waals surface area contributed by atoms with E-state index in [2.05, 4.69) is 5.32 Å². The first-order chi connectivity index (χ1) is 8.13. The average molecular weight is 238 g/mol. The summed E-state index contributed by atoms with van der Waals surface area (Å²) < 4.78 is 12.5. The third kappa shape index (κ3) is 4.95. The molecule has 0 radical (unpaired) electrons. The van der Waals surface area contributed by atoms with E-state index in [1.165, 1.54) is 12.1 Å². The van der Waals surface area contributed by atoms with Gasteiger partial charge in [0.25, 0.3) is 0 Å². The largest absolute Gasteiger partial charge is 0.378 e. The molecule has 1 unspecified atom stereocenters. The highest BCUT2D eigenvalue weighted by Crippen LogP contribution is 2.11.